The molecule has 2 rings (SSSR count). The normalized spacial score (nSPS) is 10.9. The van der Waals surface area contributed by atoms with Gasteiger partial charge in [0.05, 0.1) is 12.1 Å². The molecule has 23 heavy (non-hydrogen) atoms. The molecule has 0 aromatic heterocycles. The highest BCUT2D eigenvalue weighted by Crippen LogP contribution is 2.14. The fourth-order valence-corrected chi connectivity index (χ4v) is 1.97. The van der Waals surface area contributed by atoms with E-state index in [4.69, 9.17) is 5.11 Å². The molecule has 0 aliphatic carbocycles. The van der Waals surface area contributed by atoms with Gasteiger partial charge in [0.15, 0.2) is 0 Å². The number of aliphatic imine (C=N–C) groups is 1. The molecule has 5 heteroatoms. The number of carbonyl (C=O) groups is 2. The Morgan fingerprint density at radius 3 is 1.74 bits per heavy atom. The fourth-order valence-electron chi connectivity index (χ4n) is 1.97. The first-order valence-corrected chi connectivity index (χ1v) is 6.92. The van der Waals surface area contributed by atoms with Crippen molar-refractivity contribution in [2.45, 2.75) is 6.42 Å². The van der Waals surface area contributed by atoms with E-state index in [1.807, 2.05) is 60.7 Å². The number of hydrogen-bond acceptors (Lipinski definition) is 3. The highest BCUT2D eigenvalue weighted by atomic mass is 16.4. The van der Waals surface area contributed by atoms with Gasteiger partial charge in [-0.1, -0.05) is 60.7 Å². The molecule has 0 amide bonds. The van der Waals surface area contributed by atoms with Crippen LogP contribution in [0.1, 0.15) is 17.5 Å². The maximum atomic E-state index is 11.3. The van der Waals surface area contributed by atoms with Gasteiger partial charge < -0.3 is 10.2 Å². The molecule has 0 atom stereocenters. The molecule has 0 heterocycles. The molecular weight excluding hydrogens is 294 g/mol. The van der Waals surface area contributed by atoms with Crippen LogP contribution in [-0.4, -0.2) is 27.9 Å². The van der Waals surface area contributed by atoms with Crippen molar-refractivity contribution >= 4 is 17.7 Å². The lowest BCUT2D eigenvalue weighted by molar-refractivity contribution is -0.136. The minimum Gasteiger partial charge on any atom is -0.481 e. The van der Waals surface area contributed by atoms with E-state index in [-0.39, 0.29) is 5.70 Å². The largest absolute Gasteiger partial charge is 0.481 e. The third kappa shape index (κ3) is 4.64. The van der Waals surface area contributed by atoms with Gasteiger partial charge in [0.2, 0.25) is 0 Å². The SMILES string of the molecule is O=C(O)C/C=C(/N=C(c1ccccc1)c1ccccc1)C(=O)O. The molecule has 0 saturated carbocycles. The predicted octanol–water partition coefficient (Wildman–Crippen LogP) is 2.97. The Bertz CT molecular complexity index is 708. The standard InChI is InChI=1S/C18H15NO4/c20-16(21)12-11-15(18(22)23)19-17(13-7-3-1-4-8-13)14-9-5-2-6-10-14/h1-11H,12H2,(H,20,21)(H,22,23)/b15-11+. The monoisotopic (exact) mass is 309 g/mol. The molecule has 0 aliphatic heterocycles. The Labute approximate surface area is 133 Å². The van der Waals surface area contributed by atoms with E-state index in [9.17, 15) is 14.7 Å². The van der Waals surface area contributed by atoms with Gasteiger partial charge in [0, 0.05) is 11.1 Å². The minimum absolute atomic E-state index is 0.296. The number of hydrogen-bond donors (Lipinski definition) is 2. The second-order valence-electron chi connectivity index (χ2n) is 4.68. The highest BCUT2D eigenvalue weighted by Gasteiger charge is 2.12. The number of nitrogens with zero attached hydrogens (tertiary/aromatic N) is 1. The van der Waals surface area contributed by atoms with Gasteiger partial charge in [-0.3, -0.25) is 4.79 Å². The van der Waals surface area contributed by atoms with Crippen molar-refractivity contribution in [3.05, 3.63) is 83.6 Å². The Kier molecular flexibility index (Phi) is 5.41. The van der Waals surface area contributed by atoms with E-state index in [1.165, 1.54) is 0 Å². The van der Waals surface area contributed by atoms with E-state index in [0.29, 0.717) is 5.71 Å². The van der Waals surface area contributed by atoms with E-state index in [2.05, 4.69) is 4.99 Å². The first-order valence-electron chi connectivity index (χ1n) is 6.92. The Balaban J connectivity index is 2.54. The van der Waals surface area contributed by atoms with Gasteiger partial charge in [-0.2, -0.15) is 0 Å². The lowest BCUT2D eigenvalue weighted by atomic mass is 10.0. The number of benzene rings is 2. The van der Waals surface area contributed by atoms with Gasteiger partial charge in [0.25, 0.3) is 0 Å². The van der Waals surface area contributed by atoms with Crippen LogP contribution in [0.3, 0.4) is 0 Å². The molecule has 0 aliphatic rings. The summed E-state index contributed by atoms with van der Waals surface area (Å²) in [4.78, 5) is 26.2. The van der Waals surface area contributed by atoms with E-state index >= 15 is 0 Å². The predicted molar refractivity (Wildman–Crippen MR) is 86.5 cm³/mol. The van der Waals surface area contributed by atoms with Crippen LogP contribution in [0.25, 0.3) is 0 Å². The molecule has 2 aromatic rings. The van der Waals surface area contributed by atoms with E-state index in [1.54, 1.807) is 0 Å². The summed E-state index contributed by atoms with van der Waals surface area (Å²) < 4.78 is 0. The van der Waals surface area contributed by atoms with Crippen molar-refractivity contribution in [2.24, 2.45) is 4.99 Å². The molecule has 2 N–H and O–H groups in total. The summed E-state index contributed by atoms with van der Waals surface area (Å²) in [6.45, 7) is 0. The molecular formula is C18H15NO4. The minimum atomic E-state index is -1.27. The number of rotatable bonds is 6. The number of aliphatic carboxylic acids is 2. The smallest absolute Gasteiger partial charge is 0.354 e. The van der Waals surface area contributed by atoms with Crippen LogP contribution in [0, 0.1) is 0 Å². The molecule has 0 spiro atoms. The maximum absolute atomic E-state index is 11.3. The summed E-state index contributed by atoms with van der Waals surface area (Å²) in [5.74, 6) is -2.38. The number of carboxylic acid groups (broad SMARTS) is 2. The van der Waals surface area contributed by atoms with Gasteiger partial charge >= 0.3 is 11.9 Å². The van der Waals surface area contributed by atoms with Crippen molar-refractivity contribution in [3.8, 4) is 0 Å². The van der Waals surface area contributed by atoms with Crippen LogP contribution in [0.4, 0.5) is 0 Å². The summed E-state index contributed by atoms with van der Waals surface area (Å²) >= 11 is 0. The lowest BCUT2D eigenvalue weighted by Crippen LogP contribution is -2.08. The van der Waals surface area contributed by atoms with Crippen LogP contribution in [0.5, 0.6) is 0 Å². The second kappa shape index (κ2) is 7.70. The topological polar surface area (TPSA) is 87.0 Å². The average molecular weight is 309 g/mol. The molecule has 0 fully saturated rings. The molecule has 2 aromatic carbocycles. The summed E-state index contributed by atoms with van der Waals surface area (Å²) in [6.07, 6.45) is 0.693. The molecule has 0 radical (unpaired) electrons. The first-order chi connectivity index (χ1) is 11.1. The van der Waals surface area contributed by atoms with Crippen molar-refractivity contribution < 1.29 is 19.8 Å². The van der Waals surface area contributed by atoms with Crippen molar-refractivity contribution in [3.63, 3.8) is 0 Å². The van der Waals surface area contributed by atoms with Gasteiger partial charge in [-0.15, -0.1) is 0 Å². The average Bonchev–Trinajstić information content (AvgIpc) is 2.56. The fraction of sp³-hybridized carbons (Fsp3) is 0.0556. The zero-order valence-corrected chi connectivity index (χ0v) is 12.2. The van der Waals surface area contributed by atoms with Crippen LogP contribution >= 0.6 is 0 Å². The van der Waals surface area contributed by atoms with Crippen LogP contribution in [0.2, 0.25) is 0 Å². The molecule has 116 valence electrons. The quantitative estimate of drug-likeness (QED) is 0.634. The molecule has 0 bridgehead atoms. The maximum Gasteiger partial charge on any atom is 0.354 e. The van der Waals surface area contributed by atoms with Crippen LogP contribution < -0.4 is 0 Å². The highest BCUT2D eigenvalue weighted by molar-refractivity contribution is 6.14. The summed E-state index contributed by atoms with van der Waals surface area (Å²) in [6, 6.07) is 18.3. The summed E-state index contributed by atoms with van der Waals surface area (Å²) in [5.41, 5.74) is 1.68. The van der Waals surface area contributed by atoms with Crippen LogP contribution in [0.15, 0.2) is 77.4 Å². The Morgan fingerprint density at radius 1 is 0.870 bits per heavy atom. The zero-order chi connectivity index (χ0) is 16.7. The van der Waals surface area contributed by atoms with Crippen molar-refractivity contribution in [2.75, 3.05) is 0 Å². The van der Waals surface area contributed by atoms with Gasteiger partial charge in [-0.25, -0.2) is 9.79 Å². The molecule has 0 saturated heterocycles. The Morgan fingerprint density at radius 2 is 1.35 bits per heavy atom. The van der Waals surface area contributed by atoms with E-state index < -0.39 is 18.4 Å². The van der Waals surface area contributed by atoms with E-state index in [0.717, 1.165) is 17.2 Å². The third-order valence-electron chi connectivity index (χ3n) is 3.02. The summed E-state index contributed by atoms with van der Waals surface area (Å²) in [5, 5.41) is 18.0. The van der Waals surface area contributed by atoms with Crippen molar-refractivity contribution in [1.29, 1.82) is 0 Å². The van der Waals surface area contributed by atoms with Crippen LogP contribution in [-0.2, 0) is 9.59 Å². The summed E-state index contributed by atoms with van der Waals surface area (Å²) in [7, 11) is 0. The number of carboxylic acids is 2. The second-order valence-corrected chi connectivity index (χ2v) is 4.68. The first kappa shape index (κ1) is 16.2. The van der Waals surface area contributed by atoms with Gasteiger partial charge in [-0.05, 0) is 6.08 Å². The third-order valence-corrected chi connectivity index (χ3v) is 3.02. The van der Waals surface area contributed by atoms with Gasteiger partial charge in [0.1, 0.15) is 5.70 Å². The zero-order valence-electron chi connectivity index (χ0n) is 12.2. The molecule has 0 unspecified atom stereocenters. The molecule has 5 nitrogen and oxygen atoms in total. The van der Waals surface area contributed by atoms with Crippen molar-refractivity contribution in [1.82, 2.24) is 0 Å². The Hall–Kier alpha value is -3.21. The lowest BCUT2D eigenvalue weighted by Gasteiger charge is -2.08.